The highest BCUT2D eigenvalue weighted by molar-refractivity contribution is 5.95. The van der Waals surface area contributed by atoms with E-state index in [9.17, 15) is 4.79 Å². The fraction of sp³-hybridized carbons (Fsp3) is 0.643. The number of nitrogens with one attached hydrogen (secondary N) is 1. The molecule has 0 spiro atoms. The Morgan fingerprint density at radius 3 is 2.58 bits per heavy atom. The number of rotatable bonds is 12. The maximum Gasteiger partial charge on any atom is 0.250 e. The molecule has 110 valence electrons. The Morgan fingerprint density at radius 1 is 1.26 bits per heavy atom. The van der Waals surface area contributed by atoms with Crippen LogP contribution in [0.3, 0.4) is 0 Å². The lowest BCUT2D eigenvalue weighted by Gasteiger charge is -2.06. The molecule has 0 aliphatic heterocycles. The van der Waals surface area contributed by atoms with Gasteiger partial charge in [-0.25, -0.2) is 0 Å². The molecule has 0 radical (unpaired) electrons. The van der Waals surface area contributed by atoms with Crippen LogP contribution in [-0.4, -0.2) is 45.4 Å². The molecule has 0 aromatic rings. The zero-order valence-electron chi connectivity index (χ0n) is 11.8. The highest BCUT2D eigenvalue weighted by Crippen LogP contribution is 1.96. The molecule has 0 aromatic heterocycles. The Kier molecular flexibility index (Phi) is 12.4. The molecule has 0 heterocycles. The molecule has 5 nitrogen and oxygen atoms in total. The maximum atomic E-state index is 11.6. The highest BCUT2D eigenvalue weighted by Gasteiger charge is 2.01. The fourth-order valence-electron chi connectivity index (χ4n) is 1.22. The van der Waals surface area contributed by atoms with Crippen LogP contribution in [0.4, 0.5) is 0 Å². The fourth-order valence-corrected chi connectivity index (χ4v) is 1.22. The molecule has 0 aromatic carbocycles. The molecule has 3 N–H and O–H groups in total. The molecule has 0 aliphatic carbocycles. The second-order valence-electron chi connectivity index (χ2n) is 3.99. The summed E-state index contributed by atoms with van der Waals surface area (Å²) in [5.74, 6) is -0.157. The van der Waals surface area contributed by atoms with Crippen molar-refractivity contribution in [1.29, 1.82) is 0 Å². The quantitative estimate of drug-likeness (QED) is 0.315. The van der Waals surface area contributed by atoms with Gasteiger partial charge in [-0.05, 0) is 6.42 Å². The van der Waals surface area contributed by atoms with Crippen LogP contribution in [-0.2, 0) is 14.3 Å². The van der Waals surface area contributed by atoms with Gasteiger partial charge in [-0.1, -0.05) is 32.1 Å². The first kappa shape index (κ1) is 17.8. The summed E-state index contributed by atoms with van der Waals surface area (Å²) in [5.41, 5.74) is 5.74. The van der Waals surface area contributed by atoms with Crippen molar-refractivity contribution in [1.82, 2.24) is 5.32 Å². The summed E-state index contributed by atoms with van der Waals surface area (Å²) in [4.78, 5) is 11.6. The first-order valence-corrected chi connectivity index (χ1v) is 6.71. The zero-order valence-corrected chi connectivity index (χ0v) is 11.8. The lowest BCUT2D eigenvalue weighted by atomic mass is 10.2. The molecule has 0 fully saturated rings. The summed E-state index contributed by atoms with van der Waals surface area (Å²) in [7, 11) is 0. The van der Waals surface area contributed by atoms with E-state index in [0.717, 1.165) is 12.8 Å². The van der Waals surface area contributed by atoms with E-state index >= 15 is 0 Å². The molecular formula is C14H26N2O3. The van der Waals surface area contributed by atoms with Gasteiger partial charge in [0, 0.05) is 18.7 Å². The Morgan fingerprint density at radius 2 is 1.95 bits per heavy atom. The van der Waals surface area contributed by atoms with Crippen molar-refractivity contribution in [3.63, 3.8) is 0 Å². The molecule has 0 aliphatic rings. The van der Waals surface area contributed by atoms with Crippen molar-refractivity contribution >= 4 is 5.91 Å². The zero-order chi connectivity index (χ0) is 14.3. The summed E-state index contributed by atoms with van der Waals surface area (Å²) in [5, 5.41) is 2.74. The minimum absolute atomic E-state index is 0.157. The van der Waals surface area contributed by atoms with E-state index in [-0.39, 0.29) is 5.91 Å². The largest absolute Gasteiger partial charge is 0.378 e. The van der Waals surface area contributed by atoms with Crippen molar-refractivity contribution in [2.75, 3.05) is 39.5 Å². The number of carbonyl (C=O) groups excluding carboxylic acids is 1. The second-order valence-corrected chi connectivity index (χ2v) is 3.99. The summed E-state index contributed by atoms with van der Waals surface area (Å²) < 4.78 is 10.4. The first-order valence-electron chi connectivity index (χ1n) is 6.71. The van der Waals surface area contributed by atoms with Gasteiger partial charge in [0.05, 0.1) is 26.4 Å². The van der Waals surface area contributed by atoms with Gasteiger partial charge in [0.2, 0.25) is 0 Å². The van der Waals surface area contributed by atoms with Crippen molar-refractivity contribution < 1.29 is 14.3 Å². The van der Waals surface area contributed by atoms with E-state index in [4.69, 9.17) is 15.2 Å². The van der Waals surface area contributed by atoms with Crippen LogP contribution in [0.5, 0.6) is 0 Å². The molecule has 0 unspecified atom stereocenters. The van der Waals surface area contributed by atoms with Gasteiger partial charge in [-0.3, -0.25) is 4.79 Å². The van der Waals surface area contributed by atoms with E-state index in [0.29, 0.717) is 45.1 Å². The Balaban J connectivity index is 3.45. The topological polar surface area (TPSA) is 73.6 Å². The van der Waals surface area contributed by atoms with Crippen LogP contribution < -0.4 is 11.1 Å². The second kappa shape index (κ2) is 13.3. The summed E-state index contributed by atoms with van der Waals surface area (Å²) >= 11 is 0. The predicted molar refractivity (Wildman–Crippen MR) is 76.9 cm³/mol. The van der Waals surface area contributed by atoms with Crippen molar-refractivity contribution in [2.24, 2.45) is 5.73 Å². The van der Waals surface area contributed by atoms with Gasteiger partial charge in [-0.15, -0.1) is 0 Å². The monoisotopic (exact) mass is 270 g/mol. The number of carbonyl (C=O) groups is 1. The van der Waals surface area contributed by atoms with Crippen molar-refractivity contribution in [3.05, 3.63) is 24.3 Å². The van der Waals surface area contributed by atoms with E-state index < -0.39 is 0 Å². The standard InChI is InChI=1S/C14H26N2O3/c1-3-4-5-6-13(2)14(17)16-8-10-19-12-11-18-9-7-15/h5-6H,2-4,7-12,15H2,1H3,(H,16,17)/b6-5-. The summed E-state index contributed by atoms with van der Waals surface area (Å²) in [6.45, 7) is 8.82. The minimum atomic E-state index is -0.157. The Bertz CT molecular complexity index is 278. The number of unbranched alkanes of at least 4 members (excludes halogenated alkanes) is 1. The van der Waals surface area contributed by atoms with Crippen LogP contribution in [0.1, 0.15) is 19.8 Å². The van der Waals surface area contributed by atoms with Gasteiger partial charge in [-0.2, -0.15) is 0 Å². The van der Waals surface area contributed by atoms with Crippen LogP contribution in [0.15, 0.2) is 24.3 Å². The maximum absolute atomic E-state index is 11.6. The molecule has 5 heteroatoms. The van der Waals surface area contributed by atoms with Gasteiger partial charge in [0.1, 0.15) is 0 Å². The third-order valence-electron chi connectivity index (χ3n) is 2.23. The number of nitrogens with two attached hydrogens (primary N) is 1. The van der Waals surface area contributed by atoms with Crippen molar-refractivity contribution in [3.8, 4) is 0 Å². The van der Waals surface area contributed by atoms with Crippen molar-refractivity contribution in [2.45, 2.75) is 19.8 Å². The number of ether oxygens (including phenoxy) is 2. The molecule has 0 saturated carbocycles. The molecular weight excluding hydrogens is 244 g/mol. The minimum Gasteiger partial charge on any atom is -0.378 e. The molecule has 19 heavy (non-hydrogen) atoms. The number of hydrogen-bond donors (Lipinski definition) is 2. The van der Waals surface area contributed by atoms with Crippen LogP contribution >= 0.6 is 0 Å². The third-order valence-corrected chi connectivity index (χ3v) is 2.23. The average molecular weight is 270 g/mol. The van der Waals surface area contributed by atoms with Gasteiger partial charge < -0.3 is 20.5 Å². The number of amides is 1. The van der Waals surface area contributed by atoms with Crippen LogP contribution in [0.2, 0.25) is 0 Å². The van der Waals surface area contributed by atoms with E-state index in [2.05, 4.69) is 18.8 Å². The normalized spacial score (nSPS) is 10.8. The summed E-state index contributed by atoms with van der Waals surface area (Å²) in [6.07, 6.45) is 5.72. The number of allylic oxidation sites excluding steroid dienone is 1. The van der Waals surface area contributed by atoms with Gasteiger partial charge >= 0.3 is 0 Å². The lowest BCUT2D eigenvalue weighted by molar-refractivity contribution is -0.117. The molecule has 1 amide bonds. The van der Waals surface area contributed by atoms with Crippen LogP contribution in [0.25, 0.3) is 0 Å². The smallest absolute Gasteiger partial charge is 0.250 e. The summed E-state index contributed by atoms with van der Waals surface area (Å²) in [6, 6.07) is 0. The first-order chi connectivity index (χ1) is 9.22. The van der Waals surface area contributed by atoms with E-state index in [1.807, 2.05) is 6.08 Å². The highest BCUT2D eigenvalue weighted by atomic mass is 16.5. The predicted octanol–water partition coefficient (Wildman–Crippen LogP) is 1.01. The lowest BCUT2D eigenvalue weighted by Crippen LogP contribution is -2.28. The molecule has 0 saturated heterocycles. The molecule has 0 rings (SSSR count). The molecule has 0 bridgehead atoms. The van der Waals surface area contributed by atoms with E-state index in [1.165, 1.54) is 0 Å². The number of hydrogen-bond acceptors (Lipinski definition) is 4. The SMILES string of the molecule is C=C(/C=C\CCC)C(=O)NCCOCCOCCN. The third kappa shape index (κ3) is 11.6. The Labute approximate surface area is 115 Å². The van der Waals surface area contributed by atoms with Gasteiger partial charge in [0.25, 0.3) is 5.91 Å². The van der Waals surface area contributed by atoms with Crippen LogP contribution in [0, 0.1) is 0 Å². The Hall–Kier alpha value is -1.17. The molecule has 0 atom stereocenters. The van der Waals surface area contributed by atoms with Gasteiger partial charge in [0.15, 0.2) is 0 Å². The van der Waals surface area contributed by atoms with E-state index in [1.54, 1.807) is 6.08 Å². The average Bonchev–Trinajstić information content (AvgIpc) is 2.41.